The lowest BCUT2D eigenvalue weighted by molar-refractivity contribution is 0.186. The average Bonchev–Trinajstić information content (AvgIpc) is 3.37. The minimum atomic E-state index is -0.176. The molecule has 0 aromatic rings. The molecule has 0 aromatic carbocycles. The third-order valence-electron chi connectivity index (χ3n) is 6.23. The van der Waals surface area contributed by atoms with Gasteiger partial charge in [-0.15, -0.1) is 5.92 Å². The fourth-order valence-electron chi connectivity index (χ4n) is 4.28. The van der Waals surface area contributed by atoms with E-state index in [4.69, 9.17) is 0 Å². The second-order valence-electron chi connectivity index (χ2n) is 9.06. The van der Waals surface area contributed by atoms with Crippen LogP contribution >= 0.6 is 0 Å². The van der Waals surface area contributed by atoms with Crippen LogP contribution in [0.4, 0.5) is 0 Å². The monoisotopic (exact) mass is 368 g/mol. The Balaban J connectivity index is 1.71. The highest BCUT2D eigenvalue weighted by Crippen LogP contribution is 2.46. The molecule has 1 heteroatoms. The Labute approximate surface area is 168 Å². The molecule has 0 radical (unpaired) electrons. The van der Waals surface area contributed by atoms with Crippen molar-refractivity contribution < 1.29 is 5.11 Å². The Morgan fingerprint density at radius 1 is 1.26 bits per heavy atom. The SMILES string of the molecule is CCC1=CCC=CCC1(C)C#CCC(C)CC1CC1CC=CCCC(C)O. The van der Waals surface area contributed by atoms with Gasteiger partial charge in [0.1, 0.15) is 0 Å². The maximum absolute atomic E-state index is 9.28. The Bertz CT molecular complexity index is 597. The molecular formula is C26H40O. The molecule has 0 bridgehead atoms. The van der Waals surface area contributed by atoms with Crippen LogP contribution in [0.2, 0.25) is 0 Å². The van der Waals surface area contributed by atoms with Gasteiger partial charge in [0.05, 0.1) is 11.5 Å². The Hall–Kier alpha value is -1.26. The number of rotatable bonds is 9. The lowest BCUT2D eigenvalue weighted by Gasteiger charge is -2.24. The van der Waals surface area contributed by atoms with Crippen molar-refractivity contribution >= 4 is 0 Å². The van der Waals surface area contributed by atoms with E-state index in [2.05, 4.69) is 63.0 Å². The predicted molar refractivity (Wildman–Crippen MR) is 117 cm³/mol. The van der Waals surface area contributed by atoms with Crippen molar-refractivity contribution in [2.75, 3.05) is 0 Å². The molecule has 0 spiro atoms. The van der Waals surface area contributed by atoms with E-state index in [9.17, 15) is 5.11 Å². The maximum Gasteiger partial charge on any atom is 0.0529 e. The average molecular weight is 369 g/mol. The summed E-state index contributed by atoms with van der Waals surface area (Å²) in [6.45, 7) is 8.80. The molecule has 5 unspecified atom stereocenters. The zero-order chi connectivity index (χ0) is 19.7. The number of hydrogen-bond acceptors (Lipinski definition) is 1. The molecule has 2 aliphatic rings. The van der Waals surface area contributed by atoms with E-state index in [-0.39, 0.29) is 11.5 Å². The summed E-state index contributed by atoms with van der Waals surface area (Å²) in [5, 5.41) is 9.28. The minimum Gasteiger partial charge on any atom is -0.393 e. The van der Waals surface area contributed by atoms with Gasteiger partial charge < -0.3 is 5.11 Å². The molecule has 27 heavy (non-hydrogen) atoms. The van der Waals surface area contributed by atoms with Crippen LogP contribution in [0.1, 0.15) is 85.5 Å². The van der Waals surface area contributed by atoms with Crippen molar-refractivity contribution in [3.8, 4) is 11.8 Å². The summed E-state index contributed by atoms with van der Waals surface area (Å²) in [5.41, 5.74) is 1.55. The van der Waals surface area contributed by atoms with Gasteiger partial charge in [-0.1, -0.05) is 55.7 Å². The zero-order valence-corrected chi connectivity index (χ0v) is 18.0. The molecule has 2 rings (SSSR count). The standard InChI is InChI=1S/C26H40O/c1-5-25-16-10-7-11-17-26(25,4)18-12-13-21(2)19-24-20-23(24)15-9-6-8-14-22(3)27/h6-7,9,11,16,21-24,27H,5,8,10,13-15,17,19-20H2,1-4H3. The van der Waals surface area contributed by atoms with E-state index in [1.54, 1.807) is 0 Å². The Kier molecular flexibility index (Phi) is 8.91. The molecule has 5 atom stereocenters. The topological polar surface area (TPSA) is 20.2 Å². The molecular weight excluding hydrogens is 328 g/mol. The molecule has 0 saturated heterocycles. The Morgan fingerprint density at radius 3 is 2.81 bits per heavy atom. The van der Waals surface area contributed by atoms with Gasteiger partial charge in [-0.05, 0) is 83.0 Å². The lowest BCUT2D eigenvalue weighted by atomic mass is 9.78. The van der Waals surface area contributed by atoms with Crippen molar-refractivity contribution in [1.82, 2.24) is 0 Å². The van der Waals surface area contributed by atoms with Crippen LogP contribution in [0.3, 0.4) is 0 Å². The normalized spacial score (nSPS) is 29.6. The lowest BCUT2D eigenvalue weighted by Crippen LogP contribution is -2.15. The van der Waals surface area contributed by atoms with Crippen LogP contribution in [0.5, 0.6) is 0 Å². The van der Waals surface area contributed by atoms with Gasteiger partial charge in [0.2, 0.25) is 0 Å². The van der Waals surface area contributed by atoms with Crippen LogP contribution in [0, 0.1) is 35.0 Å². The first-order valence-electron chi connectivity index (χ1n) is 11.1. The Morgan fingerprint density at radius 2 is 2.07 bits per heavy atom. The number of hydrogen-bond donors (Lipinski definition) is 1. The van der Waals surface area contributed by atoms with Crippen LogP contribution in [-0.2, 0) is 0 Å². The molecule has 0 aromatic heterocycles. The molecule has 0 heterocycles. The van der Waals surface area contributed by atoms with Gasteiger partial charge >= 0.3 is 0 Å². The fourth-order valence-corrected chi connectivity index (χ4v) is 4.28. The second-order valence-corrected chi connectivity index (χ2v) is 9.06. The van der Waals surface area contributed by atoms with Gasteiger partial charge in [-0.2, -0.15) is 0 Å². The molecule has 2 aliphatic carbocycles. The molecule has 1 saturated carbocycles. The van der Waals surface area contributed by atoms with Crippen LogP contribution in [0.15, 0.2) is 36.0 Å². The van der Waals surface area contributed by atoms with Crippen LogP contribution in [0.25, 0.3) is 0 Å². The summed E-state index contributed by atoms with van der Waals surface area (Å²) in [6, 6.07) is 0. The summed E-state index contributed by atoms with van der Waals surface area (Å²) >= 11 is 0. The first-order valence-corrected chi connectivity index (χ1v) is 11.1. The summed E-state index contributed by atoms with van der Waals surface area (Å²) in [5.74, 6) is 9.67. The van der Waals surface area contributed by atoms with Gasteiger partial charge in [0.25, 0.3) is 0 Å². The largest absolute Gasteiger partial charge is 0.393 e. The highest BCUT2D eigenvalue weighted by molar-refractivity contribution is 5.30. The van der Waals surface area contributed by atoms with Gasteiger partial charge in [0, 0.05) is 6.42 Å². The van der Waals surface area contributed by atoms with E-state index >= 15 is 0 Å². The van der Waals surface area contributed by atoms with Crippen molar-refractivity contribution in [2.24, 2.45) is 23.2 Å². The quantitative estimate of drug-likeness (QED) is 0.349. The molecule has 0 aliphatic heterocycles. The van der Waals surface area contributed by atoms with Gasteiger partial charge in [0.15, 0.2) is 0 Å². The van der Waals surface area contributed by atoms with E-state index in [1.807, 2.05) is 6.92 Å². The first kappa shape index (κ1) is 22.0. The van der Waals surface area contributed by atoms with Crippen LogP contribution in [-0.4, -0.2) is 11.2 Å². The summed E-state index contributed by atoms with van der Waals surface area (Å²) < 4.78 is 0. The van der Waals surface area contributed by atoms with E-state index in [0.29, 0.717) is 5.92 Å². The van der Waals surface area contributed by atoms with Gasteiger partial charge in [-0.3, -0.25) is 0 Å². The molecule has 1 N–H and O–H groups in total. The summed E-state index contributed by atoms with van der Waals surface area (Å²) in [6.07, 6.45) is 21.4. The van der Waals surface area contributed by atoms with Crippen molar-refractivity contribution in [2.45, 2.75) is 91.6 Å². The van der Waals surface area contributed by atoms with Crippen molar-refractivity contribution in [1.29, 1.82) is 0 Å². The second kappa shape index (κ2) is 10.9. The maximum atomic E-state index is 9.28. The predicted octanol–water partition coefficient (Wildman–Crippen LogP) is 6.84. The zero-order valence-electron chi connectivity index (χ0n) is 18.0. The third-order valence-corrected chi connectivity index (χ3v) is 6.23. The molecule has 150 valence electrons. The summed E-state index contributed by atoms with van der Waals surface area (Å²) in [7, 11) is 0. The van der Waals surface area contributed by atoms with E-state index in [0.717, 1.165) is 50.4 Å². The highest BCUT2D eigenvalue weighted by atomic mass is 16.3. The molecule has 1 fully saturated rings. The number of aliphatic hydroxyl groups excluding tert-OH is 1. The van der Waals surface area contributed by atoms with E-state index < -0.39 is 0 Å². The molecule has 1 nitrogen and oxygen atoms in total. The highest BCUT2D eigenvalue weighted by Gasteiger charge is 2.36. The van der Waals surface area contributed by atoms with E-state index in [1.165, 1.54) is 24.8 Å². The summed E-state index contributed by atoms with van der Waals surface area (Å²) in [4.78, 5) is 0. The fraction of sp³-hybridized carbons (Fsp3) is 0.692. The van der Waals surface area contributed by atoms with Crippen molar-refractivity contribution in [3.63, 3.8) is 0 Å². The third kappa shape index (κ3) is 7.71. The van der Waals surface area contributed by atoms with Crippen molar-refractivity contribution in [3.05, 3.63) is 36.0 Å². The minimum absolute atomic E-state index is 0.0421. The van der Waals surface area contributed by atoms with Gasteiger partial charge in [-0.25, -0.2) is 0 Å². The smallest absolute Gasteiger partial charge is 0.0529 e. The first-order chi connectivity index (χ1) is 12.9. The number of allylic oxidation sites excluding steroid dienone is 6. The molecule has 0 amide bonds. The van der Waals surface area contributed by atoms with Crippen LogP contribution < -0.4 is 0 Å². The number of aliphatic hydroxyl groups is 1.